The van der Waals surface area contributed by atoms with Crippen molar-refractivity contribution in [1.82, 2.24) is 0 Å². The van der Waals surface area contributed by atoms with Gasteiger partial charge in [-0.25, -0.2) is 0 Å². The number of hydrogen-bond donors (Lipinski definition) is 0. The van der Waals surface area contributed by atoms with Crippen molar-refractivity contribution < 1.29 is 9.53 Å². The lowest BCUT2D eigenvalue weighted by molar-refractivity contribution is -0.139. The van der Waals surface area contributed by atoms with Crippen molar-refractivity contribution in [3.8, 4) is 35.5 Å². The molecule has 0 amide bonds. The van der Waals surface area contributed by atoms with Crippen LogP contribution in [0.3, 0.4) is 0 Å². The zero-order valence-corrected chi connectivity index (χ0v) is 9.62. The van der Waals surface area contributed by atoms with E-state index in [1.54, 1.807) is 30.4 Å². The molecule has 0 unspecified atom stereocenters. The van der Waals surface area contributed by atoms with Gasteiger partial charge in [0.15, 0.2) is 0 Å². The SMILES string of the molecule is C=CC=CC#CC#CC#CC=CCOC(C)=O. The topological polar surface area (TPSA) is 26.3 Å². The molecule has 2 heteroatoms. The van der Waals surface area contributed by atoms with Crippen LogP contribution in [0.25, 0.3) is 0 Å². The molecule has 0 aromatic rings. The van der Waals surface area contributed by atoms with Gasteiger partial charge in [-0.3, -0.25) is 4.79 Å². The fourth-order valence-corrected chi connectivity index (χ4v) is 0.607. The highest BCUT2D eigenvalue weighted by Gasteiger charge is 1.84. The lowest BCUT2D eigenvalue weighted by atomic mass is 10.4. The second-order valence-corrected chi connectivity index (χ2v) is 2.59. The summed E-state index contributed by atoms with van der Waals surface area (Å²) in [6, 6.07) is 0. The van der Waals surface area contributed by atoms with E-state index in [4.69, 9.17) is 0 Å². The second kappa shape index (κ2) is 11.4. The van der Waals surface area contributed by atoms with Gasteiger partial charge in [-0.15, -0.1) is 0 Å². The number of carbonyl (C=O) groups is 1. The van der Waals surface area contributed by atoms with E-state index in [1.165, 1.54) is 6.92 Å². The van der Waals surface area contributed by atoms with Crippen LogP contribution in [0.15, 0.2) is 37.0 Å². The zero-order valence-electron chi connectivity index (χ0n) is 9.62. The molecule has 0 spiro atoms. The molecule has 2 nitrogen and oxygen atoms in total. The molecule has 0 bridgehead atoms. The van der Waals surface area contributed by atoms with Crippen molar-refractivity contribution >= 4 is 5.97 Å². The van der Waals surface area contributed by atoms with E-state index >= 15 is 0 Å². The average Bonchev–Trinajstić information content (AvgIpc) is 2.30. The smallest absolute Gasteiger partial charge is 0.302 e. The second-order valence-electron chi connectivity index (χ2n) is 2.59. The summed E-state index contributed by atoms with van der Waals surface area (Å²) in [5, 5.41) is 0. The van der Waals surface area contributed by atoms with Gasteiger partial charge in [-0.05, 0) is 41.9 Å². The molecule has 0 aliphatic rings. The summed E-state index contributed by atoms with van der Waals surface area (Å²) in [4.78, 5) is 10.4. The van der Waals surface area contributed by atoms with Crippen LogP contribution < -0.4 is 0 Å². The summed E-state index contributed by atoms with van der Waals surface area (Å²) >= 11 is 0. The van der Waals surface area contributed by atoms with E-state index in [2.05, 4.69) is 46.8 Å². The molecule has 0 aromatic heterocycles. The number of rotatable bonds is 3. The third-order valence-electron chi connectivity index (χ3n) is 1.23. The Hall–Kier alpha value is -2.63. The number of ether oxygens (including phenoxy) is 1. The van der Waals surface area contributed by atoms with Crippen LogP contribution in [0.4, 0.5) is 0 Å². The first-order valence-corrected chi connectivity index (χ1v) is 4.84. The molecule has 0 atom stereocenters. The Kier molecular flexibility index (Phi) is 9.67. The van der Waals surface area contributed by atoms with Gasteiger partial charge in [0, 0.05) is 6.92 Å². The van der Waals surface area contributed by atoms with Gasteiger partial charge in [0.05, 0.1) is 0 Å². The third-order valence-corrected chi connectivity index (χ3v) is 1.23. The minimum atomic E-state index is -0.315. The molecular formula is C15H12O2. The molecule has 0 heterocycles. The fraction of sp³-hybridized carbons (Fsp3) is 0.133. The van der Waals surface area contributed by atoms with Gasteiger partial charge in [-0.1, -0.05) is 30.6 Å². The lowest BCUT2D eigenvalue weighted by Crippen LogP contribution is -1.96. The first-order valence-electron chi connectivity index (χ1n) is 4.84. The van der Waals surface area contributed by atoms with Crippen molar-refractivity contribution in [2.24, 2.45) is 0 Å². The molecule has 0 saturated carbocycles. The predicted octanol–water partition coefficient (Wildman–Crippen LogP) is 1.86. The Morgan fingerprint density at radius 3 is 2.41 bits per heavy atom. The average molecular weight is 224 g/mol. The van der Waals surface area contributed by atoms with Crippen LogP contribution in [0.2, 0.25) is 0 Å². The summed E-state index contributed by atoms with van der Waals surface area (Å²) in [6.07, 6.45) is 8.21. The first-order chi connectivity index (χ1) is 8.27. The first kappa shape index (κ1) is 14.4. The highest BCUT2D eigenvalue weighted by molar-refractivity contribution is 5.66. The maximum absolute atomic E-state index is 10.4. The van der Waals surface area contributed by atoms with Crippen molar-refractivity contribution in [3.63, 3.8) is 0 Å². The van der Waals surface area contributed by atoms with Crippen LogP contribution in [0.1, 0.15) is 6.92 Å². The monoisotopic (exact) mass is 224 g/mol. The van der Waals surface area contributed by atoms with Crippen LogP contribution >= 0.6 is 0 Å². The maximum Gasteiger partial charge on any atom is 0.302 e. The minimum absolute atomic E-state index is 0.226. The van der Waals surface area contributed by atoms with Crippen LogP contribution in [0.5, 0.6) is 0 Å². The van der Waals surface area contributed by atoms with Gasteiger partial charge in [0.25, 0.3) is 0 Å². The van der Waals surface area contributed by atoms with Crippen molar-refractivity contribution in [1.29, 1.82) is 0 Å². The number of esters is 1. The van der Waals surface area contributed by atoms with E-state index in [0.29, 0.717) is 0 Å². The molecule has 0 aromatic carbocycles. The third kappa shape index (κ3) is 13.4. The Morgan fingerprint density at radius 2 is 1.82 bits per heavy atom. The normalized spacial score (nSPS) is 8.29. The van der Waals surface area contributed by atoms with Crippen molar-refractivity contribution in [2.75, 3.05) is 6.61 Å². The Labute approximate surface area is 102 Å². The van der Waals surface area contributed by atoms with Gasteiger partial charge >= 0.3 is 5.97 Å². The van der Waals surface area contributed by atoms with E-state index in [1.807, 2.05) is 0 Å². The van der Waals surface area contributed by atoms with Gasteiger partial charge in [-0.2, -0.15) is 0 Å². The van der Waals surface area contributed by atoms with Gasteiger partial charge in [0.2, 0.25) is 0 Å². The highest BCUT2D eigenvalue weighted by atomic mass is 16.5. The fourth-order valence-electron chi connectivity index (χ4n) is 0.607. The minimum Gasteiger partial charge on any atom is -0.462 e. The molecule has 0 radical (unpaired) electrons. The van der Waals surface area contributed by atoms with Crippen LogP contribution in [-0.4, -0.2) is 12.6 Å². The summed E-state index contributed by atoms with van der Waals surface area (Å²) in [5.74, 6) is 15.3. The maximum atomic E-state index is 10.4. The molecular weight excluding hydrogens is 212 g/mol. The van der Waals surface area contributed by atoms with Crippen LogP contribution in [0, 0.1) is 35.5 Å². The number of allylic oxidation sites excluding steroid dienone is 4. The lowest BCUT2D eigenvalue weighted by Gasteiger charge is -1.91. The highest BCUT2D eigenvalue weighted by Crippen LogP contribution is 1.77. The zero-order chi connectivity index (χ0) is 12.8. The van der Waals surface area contributed by atoms with E-state index < -0.39 is 0 Å². The Balaban J connectivity index is 3.91. The predicted molar refractivity (Wildman–Crippen MR) is 68.4 cm³/mol. The standard InChI is InChI=1S/C15H12O2/c1-3-4-5-6-7-8-9-10-11-12-13-14-17-15(2)16/h3-5,12-13H,1,14H2,2H3. The number of hydrogen-bond acceptors (Lipinski definition) is 2. The van der Waals surface area contributed by atoms with Crippen molar-refractivity contribution in [2.45, 2.75) is 6.92 Å². The molecule has 84 valence electrons. The Bertz CT molecular complexity index is 488. The summed E-state index contributed by atoms with van der Waals surface area (Å²) < 4.78 is 4.66. The summed E-state index contributed by atoms with van der Waals surface area (Å²) in [7, 11) is 0. The van der Waals surface area contributed by atoms with Crippen LogP contribution in [-0.2, 0) is 9.53 Å². The largest absolute Gasteiger partial charge is 0.462 e. The Morgan fingerprint density at radius 1 is 1.18 bits per heavy atom. The van der Waals surface area contributed by atoms with E-state index in [-0.39, 0.29) is 12.6 Å². The molecule has 0 N–H and O–H groups in total. The summed E-state index contributed by atoms with van der Waals surface area (Å²) in [5.41, 5.74) is 0. The molecule has 0 rings (SSSR count). The van der Waals surface area contributed by atoms with Gasteiger partial charge < -0.3 is 4.74 Å². The number of carbonyl (C=O) groups excluding carboxylic acids is 1. The quantitative estimate of drug-likeness (QED) is 0.415. The van der Waals surface area contributed by atoms with E-state index in [9.17, 15) is 4.79 Å². The molecule has 0 fully saturated rings. The molecule has 17 heavy (non-hydrogen) atoms. The molecule has 0 saturated heterocycles. The van der Waals surface area contributed by atoms with E-state index in [0.717, 1.165) is 0 Å². The molecule has 0 aliphatic carbocycles. The molecule has 0 aliphatic heterocycles. The van der Waals surface area contributed by atoms with Crippen molar-refractivity contribution in [3.05, 3.63) is 37.0 Å². The van der Waals surface area contributed by atoms with Gasteiger partial charge in [0.1, 0.15) is 6.61 Å². The summed E-state index contributed by atoms with van der Waals surface area (Å²) in [6.45, 7) is 5.08.